The molecular formula is C23H36N2O3. The van der Waals surface area contributed by atoms with Crippen molar-refractivity contribution in [3.05, 3.63) is 24.3 Å². The highest BCUT2D eigenvalue weighted by Crippen LogP contribution is 2.42. The monoisotopic (exact) mass is 388 g/mol. The number of nitrogens with zero attached hydrogens (tertiary/aromatic N) is 1. The highest BCUT2D eigenvalue weighted by atomic mass is 16.5. The number of ether oxygens (including phenoxy) is 2. The normalized spacial score (nSPS) is 22.5. The summed E-state index contributed by atoms with van der Waals surface area (Å²) < 4.78 is 11.7. The molecule has 1 aliphatic heterocycles. The summed E-state index contributed by atoms with van der Waals surface area (Å²) in [6.07, 6.45) is 7.16. The molecule has 5 nitrogen and oxygen atoms in total. The van der Waals surface area contributed by atoms with E-state index in [-0.39, 0.29) is 5.91 Å². The molecule has 1 aromatic rings. The van der Waals surface area contributed by atoms with Gasteiger partial charge in [0.15, 0.2) is 0 Å². The van der Waals surface area contributed by atoms with Gasteiger partial charge in [0.05, 0.1) is 6.61 Å². The highest BCUT2D eigenvalue weighted by molar-refractivity contribution is 5.97. The van der Waals surface area contributed by atoms with Gasteiger partial charge in [-0.25, -0.2) is 0 Å². The summed E-state index contributed by atoms with van der Waals surface area (Å²) in [4.78, 5) is 15.3. The first-order valence-electron chi connectivity index (χ1n) is 10.9. The second kappa shape index (κ2) is 9.75. The van der Waals surface area contributed by atoms with Crippen LogP contribution in [0.15, 0.2) is 24.3 Å². The van der Waals surface area contributed by atoms with Crippen molar-refractivity contribution in [1.29, 1.82) is 0 Å². The number of amides is 1. The van der Waals surface area contributed by atoms with Gasteiger partial charge in [0.25, 0.3) is 5.91 Å². The lowest BCUT2D eigenvalue weighted by Gasteiger charge is -2.33. The largest absolute Gasteiger partial charge is 0.494 e. The Labute approximate surface area is 169 Å². The predicted molar refractivity (Wildman–Crippen MR) is 113 cm³/mol. The van der Waals surface area contributed by atoms with Crippen LogP contribution in [0.4, 0.5) is 5.69 Å². The number of rotatable bonds is 10. The van der Waals surface area contributed by atoms with Gasteiger partial charge in [-0.2, -0.15) is 0 Å². The third-order valence-electron chi connectivity index (χ3n) is 6.16. The van der Waals surface area contributed by atoms with Crippen LogP contribution < -0.4 is 10.1 Å². The third kappa shape index (κ3) is 5.48. The van der Waals surface area contributed by atoms with Crippen molar-refractivity contribution >= 4 is 11.6 Å². The molecule has 1 amide bonds. The molecule has 1 N–H and O–H groups in total. The first-order chi connectivity index (χ1) is 13.5. The second-order valence-electron chi connectivity index (χ2n) is 8.38. The molecular weight excluding hydrogens is 352 g/mol. The Balaban J connectivity index is 1.42. The fraction of sp³-hybridized carbons (Fsp3) is 0.696. The van der Waals surface area contributed by atoms with E-state index in [2.05, 4.69) is 17.1 Å². The van der Waals surface area contributed by atoms with Gasteiger partial charge in [-0.1, -0.05) is 6.42 Å². The van der Waals surface area contributed by atoms with Crippen LogP contribution in [0.5, 0.6) is 5.75 Å². The lowest BCUT2D eigenvalue weighted by Crippen LogP contribution is -2.44. The molecule has 0 spiro atoms. The van der Waals surface area contributed by atoms with Crippen molar-refractivity contribution in [2.75, 3.05) is 31.6 Å². The summed E-state index contributed by atoms with van der Waals surface area (Å²) in [6, 6.07) is 8.36. The van der Waals surface area contributed by atoms with Gasteiger partial charge in [0.1, 0.15) is 11.4 Å². The summed E-state index contributed by atoms with van der Waals surface area (Å²) in [5, 5.41) is 3.00. The predicted octanol–water partition coefficient (Wildman–Crippen LogP) is 4.47. The molecule has 1 saturated heterocycles. The number of likely N-dealkylation sites (tertiary alicyclic amines) is 1. The lowest BCUT2D eigenvalue weighted by atomic mass is 9.99. The van der Waals surface area contributed by atoms with E-state index >= 15 is 0 Å². The van der Waals surface area contributed by atoms with E-state index in [9.17, 15) is 4.79 Å². The molecule has 0 aromatic heterocycles. The summed E-state index contributed by atoms with van der Waals surface area (Å²) >= 11 is 0. The number of nitrogens with one attached hydrogen (secondary N) is 1. The van der Waals surface area contributed by atoms with Crippen LogP contribution in [0.2, 0.25) is 0 Å². The molecule has 2 atom stereocenters. The van der Waals surface area contributed by atoms with Gasteiger partial charge in [-0.15, -0.1) is 0 Å². The quantitative estimate of drug-likeness (QED) is 0.601. The zero-order valence-corrected chi connectivity index (χ0v) is 17.7. The molecule has 28 heavy (non-hydrogen) atoms. The third-order valence-corrected chi connectivity index (χ3v) is 6.16. The Morgan fingerprint density at radius 1 is 1.21 bits per heavy atom. The molecule has 1 aromatic carbocycles. The summed E-state index contributed by atoms with van der Waals surface area (Å²) in [5.74, 6) is 1.12. The maximum atomic E-state index is 12.7. The fourth-order valence-corrected chi connectivity index (χ4v) is 4.14. The summed E-state index contributed by atoms with van der Waals surface area (Å²) in [5.41, 5.74) is 0.0567. The number of anilines is 1. The number of piperidine rings is 1. The Bertz CT molecular complexity index is 629. The molecule has 1 saturated carbocycles. The Kier molecular flexibility index (Phi) is 7.36. The van der Waals surface area contributed by atoms with E-state index in [1.165, 1.54) is 25.8 Å². The molecule has 0 unspecified atom stereocenters. The van der Waals surface area contributed by atoms with Crippen LogP contribution in [0.1, 0.15) is 59.3 Å². The minimum atomic E-state index is -0.727. The van der Waals surface area contributed by atoms with Gasteiger partial charge in [-0.3, -0.25) is 4.79 Å². The first kappa shape index (κ1) is 21.1. The minimum absolute atomic E-state index is 0.0545. The maximum Gasteiger partial charge on any atom is 0.256 e. The van der Waals surface area contributed by atoms with Crippen molar-refractivity contribution < 1.29 is 14.3 Å². The zero-order valence-electron chi connectivity index (χ0n) is 17.7. The van der Waals surface area contributed by atoms with Crippen LogP contribution in [0.25, 0.3) is 0 Å². The highest BCUT2D eigenvalue weighted by Gasteiger charge is 2.48. The van der Waals surface area contributed by atoms with E-state index < -0.39 is 5.60 Å². The fourth-order valence-electron chi connectivity index (χ4n) is 4.14. The van der Waals surface area contributed by atoms with E-state index in [1.807, 2.05) is 38.1 Å². The van der Waals surface area contributed by atoms with Crippen molar-refractivity contribution in [1.82, 2.24) is 4.90 Å². The number of carbonyl (C=O) groups is 1. The number of benzene rings is 1. The molecule has 156 valence electrons. The van der Waals surface area contributed by atoms with Crippen molar-refractivity contribution in [3.8, 4) is 5.75 Å². The smallest absolute Gasteiger partial charge is 0.256 e. The average Bonchev–Trinajstić information content (AvgIpc) is 3.53. The van der Waals surface area contributed by atoms with Gasteiger partial charge >= 0.3 is 0 Å². The van der Waals surface area contributed by atoms with E-state index in [4.69, 9.17) is 9.47 Å². The van der Waals surface area contributed by atoms with E-state index in [0.29, 0.717) is 18.6 Å². The molecule has 0 bridgehead atoms. The van der Waals surface area contributed by atoms with Crippen LogP contribution >= 0.6 is 0 Å². The molecule has 1 heterocycles. The Morgan fingerprint density at radius 3 is 2.61 bits per heavy atom. The van der Waals surface area contributed by atoms with Crippen LogP contribution in [-0.2, 0) is 9.53 Å². The number of carbonyl (C=O) groups excluding carboxylic acids is 1. The topological polar surface area (TPSA) is 50.8 Å². The molecule has 5 heteroatoms. The first-order valence-corrected chi connectivity index (χ1v) is 10.9. The molecule has 2 fully saturated rings. The van der Waals surface area contributed by atoms with Gasteiger partial charge in [0.2, 0.25) is 0 Å². The zero-order chi connectivity index (χ0) is 20.0. The van der Waals surface area contributed by atoms with Crippen molar-refractivity contribution in [3.63, 3.8) is 0 Å². The van der Waals surface area contributed by atoms with Crippen LogP contribution in [-0.4, -0.2) is 48.8 Å². The van der Waals surface area contributed by atoms with Crippen LogP contribution in [0, 0.1) is 5.92 Å². The van der Waals surface area contributed by atoms with E-state index in [1.54, 1.807) is 0 Å². The van der Waals surface area contributed by atoms with Crippen molar-refractivity contribution in [2.45, 2.75) is 70.9 Å². The lowest BCUT2D eigenvalue weighted by molar-refractivity contribution is -0.141. The summed E-state index contributed by atoms with van der Waals surface area (Å²) in [6.45, 7) is 9.76. The molecule has 1 aliphatic carbocycles. The molecule has 3 rings (SSSR count). The van der Waals surface area contributed by atoms with Gasteiger partial charge in [-0.05, 0) is 89.6 Å². The van der Waals surface area contributed by atoms with Crippen molar-refractivity contribution in [2.24, 2.45) is 5.92 Å². The van der Waals surface area contributed by atoms with Gasteiger partial charge in [0, 0.05) is 24.9 Å². The minimum Gasteiger partial charge on any atom is -0.494 e. The number of hydrogen-bond acceptors (Lipinski definition) is 4. The second-order valence-corrected chi connectivity index (χ2v) is 8.38. The standard InChI is InChI=1S/C23H36N2O3/c1-4-28-23(3,19-9-10-19)22(26)24-20-11-13-21(14-12-20)27-17-7-16-25-15-6-5-8-18(25)2/h11-14,18-19H,4-10,15-17H2,1-3H3,(H,24,26)/t18-,23+/m1/s1. The SMILES string of the molecule is CCO[C@](C)(C(=O)Nc1ccc(OCCCN2CCCC[C@H]2C)cc1)C1CC1. The van der Waals surface area contributed by atoms with Gasteiger partial charge < -0.3 is 19.7 Å². The van der Waals surface area contributed by atoms with E-state index in [0.717, 1.165) is 43.9 Å². The maximum absolute atomic E-state index is 12.7. The Morgan fingerprint density at radius 2 is 1.96 bits per heavy atom. The summed E-state index contributed by atoms with van der Waals surface area (Å²) in [7, 11) is 0. The molecule has 0 radical (unpaired) electrons. The molecule has 2 aliphatic rings. The Hall–Kier alpha value is -1.59. The number of hydrogen-bond donors (Lipinski definition) is 1. The average molecular weight is 389 g/mol. The van der Waals surface area contributed by atoms with Crippen LogP contribution in [0.3, 0.4) is 0 Å².